The van der Waals surface area contributed by atoms with Gasteiger partial charge in [0.2, 0.25) is 11.1 Å². The molecule has 0 atom stereocenters. The largest absolute Gasteiger partial charge is 0.467 e. The lowest BCUT2D eigenvalue weighted by atomic mass is 10.4. The molecular weight excluding hydrogens is 274 g/mol. The molecule has 2 rings (SSSR count). The number of nitrogen functional groups attached to an aromatic ring is 1. The van der Waals surface area contributed by atoms with E-state index in [-0.39, 0.29) is 12.0 Å². The number of benzene rings is 1. The zero-order chi connectivity index (χ0) is 13.0. The molecule has 0 saturated heterocycles. The molecule has 0 aliphatic rings. The lowest BCUT2D eigenvalue weighted by Gasteiger charge is -2.05. The second-order valence-corrected chi connectivity index (χ2v) is 4.52. The number of hydrazine groups is 1. The van der Waals surface area contributed by atoms with E-state index in [1.807, 2.05) is 18.2 Å². The number of anilines is 1. The van der Waals surface area contributed by atoms with Crippen molar-refractivity contribution in [1.29, 1.82) is 0 Å². The normalized spacial score (nSPS) is 10.2. The Morgan fingerprint density at radius 3 is 2.72 bits per heavy atom. The van der Waals surface area contributed by atoms with Gasteiger partial charge in [0.25, 0.3) is 0 Å². The van der Waals surface area contributed by atoms with Gasteiger partial charge < -0.3 is 4.74 Å². The Labute approximate surface area is 113 Å². The first kappa shape index (κ1) is 12.9. The van der Waals surface area contributed by atoms with Gasteiger partial charge in [-0.3, -0.25) is 5.43 Å². The molecule has 6 nitrogen and oxygen atoms in total. The van der Waals surface area contributed by atoms with Crippen LogP contribution in [0.3, 0.4) is 0 Å². The van der Waals surface area contributed by atoms with Crippen molar-refractivity contribution in [2.45, 2.75) is 10.1 Å². The van der Waals surface area contributed by atoms with Crippen LogP contribution in [0.25, 0.3) is 0 Å². The fourth-order valence-corrected chi connectivity index (χ4v) is 2.18. The van der Waals surface area contributed by atoms with Gasteiger partial charge in [0.15, 0.2) is 0 Å². The zero-order valence-electron chi connectivity index (χ0n) is 9.42. The summed E-state index contributed by atoms with van der Waals surface area (Å²) in [5, 5.41) is 1.08. The Bertz CT molecular complexity index is 531. The van der Waals surface area contributed by atoms with Gasteiger partial charge in [0.05, 0.1) is 12.1 Å². The minimum absolute atomic E-state index is 0.188. The average Bonchev–Trinajstić information content (AvgIpc) is 2.41. The third kappa shape index (κ3) is 3.00. The maximum atomic E-state index is 6.06. The van der Waals surface area contributed by atoms with Crippen LogP contribution in [-0.4, -0.2) is 22.1 Å². The van der Waals surface area contributed by atoms with Crippen LogP contribution >= 0.6 is 23.4 Å². The van der Waals surface area contributed by atoms with Crippen molar-refractivity contribution in [2.75, 3.05) is 12.5 Å². The summed E-state index contributed by atoms with van der Waals surface area (Å²) in [7, 11) is 1.47. The van der Waals surface area contributed by atoms with Gasteiger partial charge in [-0.15, -0.1) is 0 Å². The number of hydrogen-bond acceptors (Lipinski definition) is 7. The Balaban J connectivity index is 2.31. The molecule has 94 valence electrons. The highest BCUT2D eigenvalue weighted by atomic mass is 35.5. The Morgan fingerprint density at radius 2 is 2.06 bits per heavy atom. The van der Waals surface area contributed by atoms with E-state index in [1.54, 1.807) is 6.07 Å². The number of nitrogens with two attached hydrogens (primary N) is 1. The molecule has 0 aliphatic carbocycles. The lowest BCUT2D eigenvalue weighted by Crippen LogP contribution is -2.12. The molecule has 1 aromatic heterocycles. The quantitative estimate of drug-likeness (QED) is 0.655. The standard InChI is InChI=1S/C10H10ClN5OS/c1-17-9-13-8(16-12)14-10(15-9)18-7-5-3-2-4-6(7)11/h2-5H,12H2,1H3,(H,13,14,15,16). The number of halogens is 1. The number of hydrogen-bond donors (Lipinski definition) is 2. The summed E-state index contributed by atoms with van der Waals surface area (Å²) >= 11 is 7.36. The molecule has 3 N–H and O–H groups in total. The molecule has 8 heteroatoms. The first-order chi connectivity index (χ1) is 8.72. The van der Waals surface area contributed by atoms with E-state index >= 15 is 0 Å². The van der Waals surface area contributed by atoms with Crippen molar-refractivity contribution in [1.82, 2.24) is 15.0 Å². The molecule has 0 unspecified atom stereocenters. The van der Waals surface area contributed by atoms with E-state index in [0.717, 1.165) is 4.90 Å². The smallest absolute Gasteiger partial charge is 0.322 e. The first-order valence-corrected chi connectivity index (χ1v) is 6.11. The predicted molar refractivity (Wildman–Crippen MR) is 69.8 cm³/mol. The highest BCUT2D eigenvalue weighted by Crippen LogP contribution is 2.31. The highest BCUT2D eigenvalue weighted by molar-refractivity contribution is 7.99. The van der Waals surface area contributed by atoms with Crippen LogP contribution < -0.4 is 16.0 Å². The fraction of sp³-hybridized carbons (Fsp3) is 0.100. The Hall–Kier alpha value is -1.57. The van der Waals surface area contributed by atoms with E-state index in [9.17, 15) is 0 Å². The van der Waals surface area contributed by atoms with Crippen LogP contribution in [0.2, 0.25) is 5.02 Å². The second-order valence-electron chi connectivity index (χ2n) is 3.11. The maximum Gasteiger partial charge on any atom is 0.322 e. The Morgan fingerprint density at radius 1 is 1.28 bits per heavy atom. The molecule has 1 aromatic carbocycles. The van der Waals surface area contributed by atoms with Crippen molar-refractivity contribution in [2.24, 2.45) is 5.84 Å². The third-order valence-electron chi connectivity index (χ3n) is 1.94. The van der Waals surface area contributed by atoms with Gasteiger partial charge in [-0.05, 0) is 23.9 Å². The summed E-state index contributed by atoms with van der Waals surface area (Å²) in [6.07, 6.45) is 0. The van der Waals surface area contributed by atoms with E-state index in [2.05, 4.69) is 20.4 Å². The lowest BCUT2D eigenvalue weighted by molar-refractivity contribution is 0.373. The number of aromatic nitrogens is 3. The summed E-state index contributed by atoms with van der Waals surface area (Å²) in [4.78, 5) is 13.0. The van der Waals surface area contributed by atoms with Gasteiger partial charge in [-0.25, -0.2) is 5.84 Å². The number of nitrogens with zero attached hydrogens (tertiary/aromatic N) is 3. The number of ether oxygens (including phenoxy) is 1. The molecule has 0 bridgehead atoms. The summed E-state index contributed by atoms with van der Waals surface area (Å²) in [6, 6.07) is 7.60. The van der Waals surface area contributed by atoms with Crippen LogP contribution in [0.15, 0.2) is 34.3 Å². The minimum atomic E-state index is 0.188. The number of nitrogens with one attached hydrogen (secondary N) is 1. The zero-order valence-corrected chi connectivity index (χ0v) is 11.0. The number of methoxy groups -OCH3 is 1. The van der Waals surface area contributed by atoms with Crippen molar-refractivity contribution in [3.63, 3.8) is 0 Å². The molecule has 0 radical (unpaired) electrons. The SMILES string of the molecule is COc1nc(NN)nc(Sc2ccccc2Cl)n1. The van der Waals surface area contributed by atoms with Gasteiger partial charge in [0, 0.05) is 4.90 Å². The molecule has 1 heterocycles. The molecule has 0 spiro atoms. The van der Waals surface area contributed by atoms with Gasteiger partial charge in [-0.1, -0.05) is 23.7 Å². The number of rotatable bonds is 4. The van der Waals surface area contributed by atoms with Crippen molar-refractivity contribution >= 4 is 29.3 Å². The van der Waals surface area contributed by atoms with Crippen LogP contribution in [0, 0.1) is 0 Å². The highest BCUT2D eigenvalue weighted by Gasteiger charge is 2.09. The van der Waals surface area contributed by atoms with Crippen LogP contribution in [-0.2, 0) is 0 Å². The summed E-state index contributed by atoms with van der Waals surface area (Å²) in [5.74, 6) is 5.50. The second kappa shape index (κ2) is 5.85. The summed E-state index contributed by atoms with van der Waals surface area (Å²) < 4.78 is 4.96. The molecule has 0 amide bonds. The molecule has 18 heavy (non-hydrogen) atoms. The van der Waals surface area contributed by atoms with Crippen LogP contribution in [0.1, 0.15) is 0 Å². The average molecular weight is 284 g/mol. The molecule has 0 saturated carbocycles. The summed E-state index contributed by atoms with van der Waals surface area (Å²) in [6.45, 7) is 0. The van der Waals surface area contributed by atoms with E-state index < -0.39 is 0 Å². The molecule has 0 aliphatic heterocycles. The van der Waals surface area contributed by atoms with E-state index in [4.69, 9.17) is 22.2 Å². The topological polar surface area (TPSA) is 86.0 Å². The van der Waals surface area contributed by atoms with Crippen LogP contribution in [0.4, 0.5) is 5.95 Å². The fourth-order valence-electron chi connectivity index (χ4n) is 1.17. The predicted octanol–water partition coefficient (Wildman–Crippen LogP) is 1.97. The molecule has 2 aromatic rings. The molecular formula is C10H10ClN5OS. The van der Waals surface area contributed by atoms with E-state index in [1.165, 1.54) is 18.9 Å². The van der Waals surface area contributed by atoms with E-state index in [0.29, 0.717) is 10.2 Å². The van der Waals surface area contributed by atoms with Crippen molar-refractivity contribution in [3.8, 4) is 6.01 Å². The molecule has 0 fully saturated rings. The first-order valence-electron chi connectivity index (χ1n) is 4.92. The maximum absolute atomic E-state index is 6.06. The van der Waals surface area contributed by atoms with Crippen molar-refractivity contribution < 1.29 is 4.74 Å². The summed E-state index contributed by atoms with van der Waals surface area (Å²) in [5.41, 5.74) is 2.35. The van der Waals surface area contributed by atoms with Crippen molar-refractivity contribution in [3.05, 3.63) is 29.3 Å². The Kier molecular flexibility index (Phi) is 4.19. The van der Waals surface area contributed by atoms with Gasteiger partial charge in [-0.2, -0.15) is 15.0 Å². The minimum Gasteiger partial charge on any atom is -0.467 e. The van der Waals surface area contributed by atoms with Gasteiger partial charge in [0.1, 0.15) is 0 Å². The monoisotopic (exact) mass is 283 g/mol. The van der Waals surface area contributed by atoms with Gasteiger partial charge >= 0.3 is 6.01 Å². The third-order valence-corrected chi connectivity index (χ3v) is 3.33. The van der Waals surface area contributed by atoms with Crippen LogP contribution in [0.5, 0.6) is 6.01 Å².